The summed E-state index contributed by atoms with van der Waals surface area (Å²) in [7, 11) is 0. The molecule has 82 valence electrons. The van der Waals surface area contributed by atoms with Gasteiger partial charge in [-0.1, -0.05) is 6.08 Å². The Bertz CT molecular complexity index is 343. The number of anilines is 1. The molecule has 1 heterocycles. The average molecular weight is 228 g/mol. The SMILES string of the molecule is C=CC[C@H](C)Nc1nc(Cl)ncc1CO. The Morgan fingerprint density at radius 2 is 2.47 bits per heavy atom. The largest absolute Gasteiger partial charge is 0.391 e. The molecule has 0 fully saturated rings. The van der Waals surface area contributed by atoms with Crippen LogP contribution in [0.3, 0.4) is 0 Å². The fourth-order valence-corrected chi connectivity index (χ4v) is 1.30. The number of nitrogens with one attached hydrogen (secondary N) is 1. The van der Waals surface area contributed by atoms with Gasteiger partial charge in [-0.15, -0.1) is 6.58 Å². The van der Waals surface area contributed by atoms with Gasteiger partial charge in [-0.3, -0.25) is 0 Å². The van der Waals surface area contributed by atoms with Gasteiger partial charge in [0.1, 0.15) is 5.82 Å². The van der Waals surface area contributed by atoms with E-state index in [-0.39, 0.29) is 17.9 Å². The van der Waals surface area contributed by atoms with Crippen molar-refractivity contribution in [2.24, 2.45) is 0 Å². The van der Waals surface area contributed by atoms with Gasteiger partial charge in [0.25, 0.3) is 0 Å². The molecular weight excluding hydrogens is 214 g/mol. The lowest BCUT2D eigenvalue weighted by molar-refractivity contribution is 0.281. The van der Waals surface area contributed by atoms with E-state index in [1.807, 2.05) is 13.0 Å². The Kier molecular flexibility index (Phi) is 4.52. The predicted octanol–water partition coefficient (Wildman–Crippen LogP) is 2.00. The zero-order chi connectivity index (χ0) is 11.3. The lowest BCUT2D eigenvalue weighted by atomic mass is 10.2. The predicted molar refractivity (Wildman–Crippen MR) is 60.9 cm³/mol. The number of nitrogens with zero attached hydrogens (tertiary/aromatic N) is 2. The standard InChI is InChI=1S/C10H14ClN3O/c1-3-4-7(2)13-9-8(6-15)5-12-10(11)14-9/h3,5,7,15H,1,4,6H2,2H3,(H,12,13,14)/t7-/m0/s1. The lowest BCUT2D eigenvalue weighted by Gasteiger charge is -2.14. The fourth-order valence-electron chi connectivity index (χ4n) is 1.17. The fraction of sp³-hybridized carbons (Fsp3) is 0.400. The third-order valence-electron chi connectivity index (χ3n) is 1.91. The minimum atomic E-state index is -0.111. The second-order valence-corrected chi connectivity index (χ2v) is 3.58. The van der Waals surface area contributed by atoms with Crippen LogP contribution in [0.15, 0.2) is 18.9 Å². The monoisotopic (exact) mass is 227 g/mol. The van der Waals surface area contributed by atoms with Crippen LogP contribution < -0.4 is 5.32 Å². The number of hydrogen-bond acceptors (Lipinski definition) is 4. The van der Waals surface area contributed by atoms with Crippen LogP contribution in [0.25, 0.3) is 0 Å². The zero-order valence-corrected chi connectivity index (χ0v) is 9.33. The van der Waals surface area contributed by atoms with Gasteiger partial charge < -0.3 is 10.4 Å². The van der Waals surface area contributed by atoms with Crippen molar-refractivity contribution in [3.63, 3.8) is 0 Å². The van der Waals surface area contributed by atoms with E-state index in [1.54, 1.807) is 0 Å². The summed E-state index contributed by atoms with van der Waals surface area (Å²) in [6.07, 6.45) is 4.14. The van der Waals surface area contributed by atoms with Gasteiger partial charge >= 0.3 is 0 Å². The highest BCUT2D eigenvalue weighted by Crippen LogP contribution is 2.15. The summed E-state index contributed by atoms with van der Waals surface area (Å²) in [5.41, 5.74) is 0.635. The molecule has 5 heteroatoms. The summed E-state index contributed by atoms with van der Waals surface area (Å²) in [6.45, 7) is 5.54. The van der Waals surface area contributed by atoms with Gasteiger partial charge in [0.2, 0.25) is 5.28 Å². The number of halogens is 1. The summed E-state index contributed by atoms with van der Waals surface area (Å²) in [4.78, 5) is 7.81. The molecular formula is C10H14ClN3O. The third-order valence-corrected chi connectivity index (χ3v) is 2.09. The minimum absolute atomic E-state index is 0.111. The highest BCUT2D eigenvalue weighted by atomic mass is 35.5. The maximum absolute atomic E-state index is 9.07. The van der Waals surface area contributed by atoms with Crippen molar-refractivity contribution < 1.29 is 5.11 Å². The molecule has 0 radical (unpaired) electrons. The van der Waals surface area contributed by atoms with Gasteiger partial charge in [0.05, 0.1) is 6.61 Å². The maximum Gasteiger partial charge on any atom is 0.224 e. The quantitative estimate of drug-likeness (QED) is 0.597. The Balaban J connectivity index is 2.81. The number of aliphatic hydroxyl groups is 1. The van der Waals surface area contributed by atoms with Crippen LogP contribution in [0.2, 0.25) is 5.28 Å². The summed E-state index contributed by atoms with van der Waals surface area (Å²) in [5.74, 6) is 0.576. The van der Waals surface area contributed by atoms with Crippen LogP contribution in [-0.2, 0) is 6.61 Å². The molecule has 4 nitrogen and oxygen atoms in total. The van der Waals surface area contributed by atoms with E-state index in [4.69, 9.17) is 16.7 Å². The first kappa shape index (κ1) is 11.9. The molecule has 1 atom stereocenters. The van der Waals surface area contributed by atoms with Gasteiger partial charge in [-0.2, -0.15) is 0 Å². The van der Waals surface area contributed by atoms with Crippen molar-refractivity contribution in [3.05, 3.63) is 29.7 Å². The average Bonchev–Trinajstić information content (AvgIpc) is 2.18. The van der Waals surface area contributed by atoms with E-state index in [9.17, 15) is 0 Å². The second kappa shape index (κ2) is 5.68. The van der Waals surface area contributed by atoms with E-state index >= 15 is 0 Å². The van der Waals surface area contributed by atoms with E-state index in [0.29, 0.717) is 11.4 Å². The van der Waals surface area contributed by atoms with Crippen molar-refractivity contribution in [1.82, 2.24) is 9.97 Å². The van der Waals surface area contributed by atoms with Crippen molar-refractivity contribution in [3.8, 4) is 0 Å². The molecule has 0 bridgehead atoms. The van der Waals surface area contributed by atoms with Crippen LogP contribution >= 0.6 is 11.6 Å². The van der Waals surface area contributed by atoms with Crippen molar-refractivity contribution in [2.45, 2.75) is 26.0 Å². The lowest BCUT2D eigenvalue weighted by Crippen LogP contribution is -2.16. The van der Waals surface area contributed by atoms with Crippen molar-refractivity contribution in [1.29, 1.82) is 0 Å². The number of aliphatic hydroxyl groups excluding tert-OH is 1. The topological polar surface area (TPSA) is 58.0 Å². The normalized spacial score (nSPS) is 12.2. The second-order valence-electron chi connectivity index (χ2n) is 3.24. The van der Waals surface area contributed by atoms with Crippen molar-refractivity contribution >= 4 is 17.4 Å². The molecule has 0 aromatic carbocycles. The molecule has 2 N–H and O–H groups in total. The van der Waals surface area contributed by atoms with Crippen LogP contribution in [0.4, 0.5) is 5.82 Å². The summed E-state index contributed by atoms with van der Waals surface area (Å²) in [6, 6.07) is 0.193. The van der Waals surface area contributed by atoms with E-state index in [0.717, 1.165) is 6.42 Å². The molecule has 1 aromatic rings. The Morgan fingerprint density at radius 3 is 3.07 bits per heavy atom. The molecule has 0 aliphatic heterocycles. The van der Waals surface area contributed by atoms with Gasteiger partial charge in [-0.05, 0) is 24.9 Å². The molecule has 1 rings (SSSR count). The maximum atomic E-state index is 9.07. The molecule has 0 saturated carbocycles. The van der Waals surface area contributed by atoms with E-state index in [2.05, 4.69) is 21.9 Å². The molecule has 0 aliphatic rings. The molecule has 1 aromatic heterocycles. The Hall–Kier alpha value is -1.13. The Morgan fingerprint density at radius 1 is 1.73 bits per heavy atom. The Labute approximate surface area is 94.0 Å². The summed E-state index contributed by atoms with van der Waals surface area (Å²) < 4.78 is 0. The van der Waals surface area contributed by atoms with Crippen molar-refractivity contribution in [2.75, 3.05) is 5.32 Å². The summed E-state index contributed by atoms with van der Waals surface area (Å²) in [5, 5.41) is 12.4. The van der Waals surface area contributed by atoms with Crippen LogP contribution in [-0.4, -0.2) is 21.1 Å². The number of rotatable bonds is 5. The zero-order valence-electron chi connectivity index (χ0n) is 8.57. The van der Waals surface area contributed by atoms with E-state index < -0.39 is 0 Å². The third kappa shape index (κ3) is 3.49. The molecule has 0 spiro atoms. The molecule has 0 saturated heterocycles. The van der Waals surface area contributed by atoms with E-state index in [1.165, 1.54) is 6.20 Å². The molecule has 0 aliphatic carbocycles. The number of aromatic nitrogens is 2. The van der Waals surface area contributed by atoms with Gasteiger partial charge in [-0.25, -0.2) is 9.97 Å². The van der Waals surface area contributed by atoms with Gasteiger partial charge in [0.15, 0.2) is 0 Å². The van der Waals surface area contributed by atoms with Crippen LogP contribution in [0.1, 0.15) is 18.9 Å². The molecule has 15 heavy (non-hydrogen) atoms. The van der Waals surface area contributed by atoms with Gasteiger partial charge in [0, 0.05) is 17.8 Å². The first-order valence-corrected chi connectivity index (χ1v) is 5.05. The minimum Gasteiger partial charge on any atom is -0.391 e. The molecule has 0 unspecified atom stereocenters. The smallest absolute Gasteiger partial charge is 0.224 e. The number of hydrogen-bond donors (Lipinski definition) is 2. The highest BCUT2D eigenvalue weighted by Gasteiger charge is 2.07. The molecule has 0 amide bonds. The van der Waals surface area contributed by atoms with Crippen LogP contribution in [0.5, 0.6) is 0 Å². The van der Waals surface area contributed by atoms with Crippen LogP contribution in [0, 0.1) is 0 Å². The highest BCUT2D eigenvalue weighted by molar-refractivity contribution is 6.28. The first-order chi connectivity index (χ1) is 7.17. The summed E-state index contributed by atoms with van der Waals surface area (Å²) >= 11 is 5.67. The first-order valence-electron chi connectivity index (χ1n) is 4.67.